The largest absolute Gasteiger partial charge is 0.497 e. The Hall–Kier alpha value is -3.59. The predicted molar refractivity (Wildman–Crippen MR) is 115 cm³/mol. The Morgan fingerprint density at radius 2 is 1.80 bits per heavy atom. The quantitative estimate of drug-likeness (QED) is 0.473. The van der Waals surface area contributed by atoms with Crippen LogP contribution in [0.5, 0.6) is 5.75 Å². The molecule has 0 aliphatic heterocycles. The lowest BCUT2D eigenvalue weighted by Gasteiger charge is -2.09. The fourth-order valence-electron chi connectivity index (χ4n) is 2.95. The number of rotatable bonds is 6. The van der Waals surface area contributed by atoms with E-state index >= 15 is 0 Å². The lowest BCUT2D eigenvalue weighted by molar-refractivity contribution is 0.0703. The molecule has 0 radical (unpaired) electrons. The van der Waals surface area contributed by atoms with Gasteiger partial charge in [-0.15, -0.1) is 11.3 Å². The van der Waals surface area contributed by atoms with Crippen molar-refractivity contribution in [3.05, 3.63) is 52.9 Å². The van der Waals surface area contributed by atoms with Gasteiger partial charge in [0.1, 0.15) is 10.6 Å². The van der Waals surface area contributed by atoms with Gasteiger partial charge < -0.3 is 25.8 Å². The number of benzene rings is 2. The Kier molecular flexibility index (Phi) is 5.28. The summed E-state index contributed by atoms with van der Waals surface area (Å²) in [6, 6.07) is 11.5. The number of anilines is 2. The molecular weight excluding hydrogens is 406 g/mol. The van der Waals surface area contributed by atoms with Crippen LogP contribution in [0.2, 0.25) is 0 Å². The summed E-state index contributed by atoms with van der Waals surface area (Å²) >= 11 is 1.07. The van der Waals surface area contributed by atoms with Gasteiger partial charge in [0.05, 0.1) is 12.8 Å². The summed E-state index contributed by atoms with van der Waals surface area (Å²) in [5.41, 5.74) is 1.15. The predicted octanol–water partition coefficient (Wildman–Crippen LogP) is 4.14. The van der Waals surface area contributed by atoms with Crippen LogP contribution in [0, 0.1) is 0 Å². The van der Waals surface area contributed by atoms with Gasteiger partial charge in [-0.05, 0) is 55.3 Å². The monoisotopic (exact) mass is 425 g/mol. The first-order valence-electron chi connectivity index (χ1n) is 9.27. The molecule has 0 saturated heterocycles. The van der Waals surface area contributed by atoms with Crippen LogP contribution in [0.15, 0.2) is 42.5 Å². The van der Waals surface area contributed by atoms with E-state index in [9.17, 15) is 19.5 Å². The maximum atomic E-state index is 12.7. The molecule has 1 fully saturated rings. The highest BCUT2D eigenvalue weighted by Gasteiger charge is 2.23. The van der Waals surface area contributed by atoms with Crippen molar-refractivity contribution in [1.29, 1.82) is 0 Å². The topological polar surface area (TPSA) is 117 Å². The number of fused-ring (bicyclic) bond motifs is 1. The first kappa shape index (κ1) is 19.7. The third kappa shape index (κ3) is 4.20. The van der Waals surface area contributed by atoms with Gasteiger partial charge in [0, 0.05) is 27.4 Å². The zero-order valence-electron chi connectivity index (χ0n) is 16.0. The van der Waals surface area contributed by atoms with E-state index in [-0.39, 0.29) is 22.6 Å². The Labute approximate surface area is 175 Å². The van der Waals surface area contributed by atoms with E-state index in [1.807, 2.05) is 0 Å². The molecular formula is C21H19N3O5S. The molecule has 0 atom stereocenters. The molecule has 1 aliphatic carbocycles. The van der Waals surface area contributed by atoms with Crippen LogP contribution in [-0.2, 0) is 0 Å². The van der Waals surface area contributed by atoms with Crippen molar-refractivity contribution in [3.8, 4) is 5.75 Å². The summed E-state index contributed by atoms with van der Waals surface area (Å²) in [7, 11) is 1.53. The second kappa shape index (κ2) is 8.03. The zero-order valence-corrected chi connectivity index (χ0v) is 16.8. The Bertz CT molecular complexity index is 1140. The molecule has 1 saturated carbocycles. The Balaban J connectivity index is 1.53. The molecule has 1 aliphatic rings. The summed E-state index contributed by atoms with van der Waals surface area (Å²) in [5.74, 6) is -0.957. The molecule has 154 valence electrons. The van der Waals surface area contributed by atoms with Gasteiger partial charge in [0.25, 0.3) is 5.91 Å². The molecule has 3 amide bonds. The van der Waals surface area contributed by atoms with E-state index in [1.54, 1.807) is 42.5 Å². The van der Waals surface area contributed by atoms with E-state index in [1.165, 1.54) is 7.11 Å². The molecule has 1 aromatic heterocycles. The first-order valence-corrected chi connectivity index (χ1v) is 10.1. The summed E-state index contributed by atoms with van der Waals surface area (Å²) in [6.45, 7) is 0. The van der Waals surface area contributed by atoms with Crippen LogP contribution in [0.1, 0.15) is 32.9 Å². The van der Waals surface area contributed by atoms with Gasteiger partial charge in [-0.25, -0.2) is 9.59 Å². The average molecular weight is 425 g/mol. The number of methoxy groups -OCH3 is 1. The van der Waals surface area contributed by atoms with Gasteiger partial charge in [0.15, 0.2) is 0 Å². The molecule has 9 heteroatoms. The molecule has 1 heterocycles. The number of hydrogen-bond donors (Lipinski definition) is 4. The van der Waals surface area contributed by atoms with Crippen LogP contribution in [-0.4, -0.2) is 36.2 Å². The summed E-state index contributed by atoms with van der Waals surface area (Å²) in [5, 5.41) is 18.4. The number of amides is 3. The number of urea groups is 1. The van der Waals surface area contributed by atoms with E-state index in [0.29, 0.717) is 27.1 Å². The summed E-state index contributed by atoms with van der Waals surface area (Å²) in [6.07, 6.45) is 1.99. The molecule has 2 aromatic carbocycles. The molecule has 30 heavy (non-hydrogen) atoms. The number of carboxylic acid groups (broad SMARTS) is 1. The molecule has 4 N–H and O–H groups in total. The molecule has 0 bridgehead atoms. The first-order chi connectivity index (χ1) is 14.4. The third-order valence-corrected chi connectivity index (χ3v) is 5.79. The minimum Gasteiger partial charge on any atom is -0.497 e. The molecule has 3 aromatic rings. The number of carbonyl (C=O) groups excluding carboxylic acids is 2. The van der Waals surface area contributed by atoms with Crippen molar-refractivity contribution in [2.75, 3.05) is 17.7 Å². The second-order valence-electron chi connectivity index (χ2n) is 6.88. The fourth-order valence-corrected chi connectivity index (χ4v) is 3.97. The van der Waals surface area contributed by atoms with Gasteiger partial charge >= 0.3 is 12.0 Å². The number of hydrogen-bond acceptors (Lipinski definition) is 5. The highest BCUT2D eigenvalue weighted by Crippen LogP contribution is 2.38. The van der Waals surface area contributed by atoms with Crippen molar-refractivity contribution in [3.63, 3.8) is 0 Å². The maximum absolute atomic E-state index is 12.7. The molecule has 4 rings (SSSR count). The Morgan fingerprint density at radius 3 is 2.43 bits per heavy atom. The van der Waals surface area contributed by atoms with Crippen LogP contribution in [0.4, 0.5) is 16.2 Å². The van der Waals surface area contributed by atoms with Gasteiger partial charge in [-0.2, -0.15) is 0 Å². The standard InChI is InChI=1S/C21H19N3O5S/c1-29-14-8-9-15-16(10-14)30-18(20(26)27)17(15)24-19(25)11-2-4-12(5-3-11)22-21(28)23-13-6-7-13/h2-5,8-10,13H,6-7H2,1H3,(H,24,25)(H,26,27)(H2,22,23,28). The van der Waals surface area contributed by atoms with Crippen LogP contribution < -0.4 is 20.7 Å². The number of nitrogens with one attached hydrogen (secondary N) is 3. The lowest BCUT2D eigenvalue weighted by Crippen LogP contribution is -2.30. The van der Waals surface area contributed by atoms with E-state index in [4.69, 9.17) is 4.74 Å². The SMILES string of the molecule is COc1ccc2c(NC(=O)c3ccc(NC(=O)NC4CC4)cc3)c(C(=O)O)sc2c1. The van der Waals surface area contributed by atoms with Crippen LogP contribution in [0.25, 0.3) is 10.1 Å². The number of carboxylic acids is 1. The van der Waals surface area contributed by atoms with Gasteiger partial charge in [-0.1, -0.05) is 0 Å². The lowest BCUT2D eigenvalue weighted by atomic mass is 10.1. The second-order valence-corrected chi connectivity index (χ2v) is 7.93. The van der Waals surface area contributed by atoms with Gasteiger partial charge in [0.2, 0.25) is 0 Å². The Morgan fingerprint density at radius 1 is 1.07 bits per heavy atom. The summed E-state index contributed by atoms with van der Waals surface area (Å²) < 4.78 is 5.88. The number of ether oxygens (including phenoxy) is 1. The van der Waals surface area contributed by atoms with Crippen LogP contribution >= 0.6 is 11.3 Å². The van der Waals surface area contributed by atoms with Crippen molar-refractivity contribution in [2.24, 2.45) is 0 Å². The number of thiophene rings is 1. The van der Waals surface area contributed by atoms with E-state index < -0.39 is 11.9 Å². The van der Waals surface area contributed by atoms with E-state index in [0.717, 1.165) is 24.2 Å². The van der Waals surface area contributed by atoms with Crippen LogP contribution in [0.3, 0.4) is 0 Å². The van der Waals surface area contributed by atoms with Crippen molar-refractivity contribution >= 4 is 50.7 Å². The fraction of sp³-hybridized carbons (Fsp3) is 0.190. The van der Waals surface area contributed by atoms with E-state index in [2.05, 4.69) is 16.0 Å². The molecule has 0 unspecified atom stereocenters. The summed E-state index contributed by atoms with van der Waals surface area (Å²) in [4.78, 5) is 36.2. The molecule has 8 nitrogen and oxygen atoms in total. The zero-order chi connectivity index (χ0) is 21.3. The highest BCUT2D eigenvalue weighted by atomic mass is 32.1. The van der Waals surface area contributed by atoms with Crippen molar-refractivity contribution in [1.82, 2.24) is 5.32 Å². The minimum atomic E-state index is -1.12. The molecule has 0 spiro atoms. The smallest absolute Gasteiger partial charge is 0.348 e. The maximum Gasteiger partial charge on any atom is 0.348 e. The van der Waals surface area contributed by atoms with Crippen molar-refractivity contribution in [2.45, 2.75) is 18.9 Å². The normalized spacial score (nSPS) is 13.0. The third-order valence-electron chi connectivity index (χ3n) is 4.65. The number of carbonyl (C=O) groups is 3. The van der Waals surface area contributed by atoms with Crippen molar-refractivity contribution < 1.29 is 24.2 Å². The average Bonchev–Trinajstić information content (AvgIpc) is 3.47. The highest BCUT2D eigenvalue weighted by molar-refractivity contribution is 7.21. The number of aromatic carboxylic acids is 1. The van der Waals surface area contributed by atoms with Gasteiger partial charge in [-0.3, -0.25) is 4.79 Å². The minimum absolute atomic E-state index is 0.0432.